The molecular weight excluding hydrogens is 334 g/mol. The molecule has 0 aliphatic rings. The molecule has 1 aromatic carbocycles. The van der Waals surface area contributed by atoms with Crippen molar-refractivity contribution in [1.29, 1.82) is 0 Å². The van der Waals surface area contributed by atoms with Gasteiger partial charge in [0.1, 0.15) is 0 Å². The van der Waals surface area contributed by atoms with Crippen LogP contribution in [-0.2, 0) is 4.79 Å². The molecule has 0 bridgehead atoms. The van der Waals surface area contributed by atoms with Crippen LogP contribution in [-0.4, -0.2) is 18.4 Å². The topological polar surface area (TPSA) is 38.3 Å². The Balaban J connectivity index is 2.97. The van der Waals surface area contributed by atoms with E-state index in [1.165, 1.54) is 12.1 Å². The van der Waals surface area contributed by atoms with E-state index in [0.29, 0.717) is 0 Å². The van der Waals surface area contributed by atoms with E-state index in [-0.39, 0.29) is 33.3 Å². The van der Waals surface area contributed by atoms with E-state index in [1.54, 1.807) is 13.8 Å². The second-order valence-corrected chi connectivity index (χ2v) is 5.70. The molecule has 8 heteroatoms. The molecule has 1 aromatic rings. The summed E-state index contributed by atoms with van der Waals surface area (Å²) in [6, 6.07) is 2.54. The molecule has 0 aliphatic heterocycles. The Labute approximate surface area is 130 Å². The zero-order chi connectivity index (χ0) is 15.5. The summed E-state index contributed by atoms with van der Waals surface area (Å²) >= 11 is 17.3. The third-order valence-electron chi connectivity index (χ3n) is 2.41. The van der Waals surface area contributed by atoms with Crippen LogP contribution in [0.5, 0.6) is 5.75 Å². The van der Waals surface area contributed by atoms with Crippen molar-refractivity contribution in [3.8, 4) is 5.75 Å². The minimum Gasteiger partial charge on any atom is -0.432 e. The Morgan fingerprint density at radius 3 is 2.25 bits per heavy atom. The lowest BCUT2D eigenvalue weighted by molar-refractivity contribution is -0.122. The van der Waals surface area contributed by atoms with E-state index in [9.17, 15) is 13.6 Å². The smallest absolute Gasteiger partial charge is 0.387 e. The van der Waals surface area contributed by atoms with Crippen LogP contribution in [0.15, 0.2) is 12.1 Å². The first-order valence-electron chi connectivity index (χ1n) is 5.48. The highest BCUT2D eigenvalue weighted by Gasteiger charge is 2.27. The maximum absolute atomic E-state index is 12.2. The highest BCUT2D eigenvalue weighted by atomic mass is 35.5. The minimum atomic E-state index is -3.04. The highest BCUT2D eigenvalue weighted by Crippen LogP contribution is 2.37. The first-order chi connectivity index (χ1) is 9.17. The van der Waals surface area contributed by atoms with Gasteiger partial charge in [0.15, 0.2) is 5.75 Å². The number of anilines is 1. The molecule has 112 valence electrons. The van der Waals surface area contributed by atoms with Gasteiger partial charge in [-0.3, -0.25) is 4.79 Å². The normalized spacial score (nSPS) is 11.6. The summed E-state index contributed by atoms with van der Waals surface area (Å²) in [4.78, 5) is 11.9. The molecule has 0 spiro atoms. The van der Waals surface area contributed by atoms with E-state index < -0.39 is 12.0 Å². The van der Waals surface area contributed by atoms with E-state index in [2.05, 4.69) is 10.1 Å². The molecule has 0 heterocycles. The third-order valence-corrected chi connectivity index (χ3v) is 3.64. The summed E-state index contributed by atoms with van der Waals surface area (Å²) in [5.41, 5.74) is -0.525. The van der Waals surface area contributed by atoms with Crippen LogP contribution in [0, 0.1) is 5.41 Å². The van der Waals surface area contributed by atoms with Crippen molar-refractivity contribution in [2.45, 2.75) is 20.5 Å². The predicted molar refractivity (Wildman–Crippen MR) is 76.2 cm³/mol. The average molecular weight is 347 g/mol. The van der Waals surface area contributed by atoms with Crippen molar-refractivity contribution < 1.29 is 18.3 Å². The second kappa shape index (κ2) is 6.78. The summed E-state index contributed by atoms with van der Waals surface area (Å²) in [6.07, 6.45) is 0. The Bertz CT molecular complexity index is 486. The van der Waals surface area contributed by atoms with Crippen molar-refractivity contribution in [2.75, 3.05) is 11.2 Å². The lowest BCUT2D eigenvalue weighted by Gasteiger charge is -2.21. The number of hydrogen-bond donors (Lipinski definition) is 1. The van der Waals surface area contributed by atoms with E-state index in [4.69, 9.17) is 34.8 Å². The zero-order valence-corrected chi connectivity index (χ0v) is 12.9. The Morgan fingerprint density at radius 1 is 1.35 bits per heavy atom. The molecule has 0 aromatic heterocycles. The number of carbonyl (C=O) groups is 1. The monoisotopic (exact) mass is 345 g/mol. The van der Waals surface area contributed by atoms with Gasteiger partial charge in [0.25, 0.3) is 0 Å². The van der Waals surface area contributed by atoms with Gasteiger partial charge in [0.2, 0.25) is 5.91 Å². The van der Waals surface area contributed by atoms with Gasteiger partial charge in [-0.1, -0.05) is 23.2 Å². The molecule has 0 fully saturated rings. The Hall–Kier alpha value is -0.780. The third kappa shape index (κ3) is 4.36. The number of alkyl halides is 3. The number of rotatable bonds is 5. The second-order valence-electron chi connectivity index (χ2n) is 4.62. The van der Waals surface area contributed by atoms with Gasteiger partial charge in [-0.25, -0.2) is 0 Å². The molecule has 0 saturated carbocycles. The fourth-order valence-electron chi connectivity index (χ4n) is 1.19. The maximum atomic E-state index is 12.2. The van der Waals surface area contributed by atoms with Crippen molar-refractivity contribution in [3.63, 3.8) is 0 Å². The van der Waals surface area contributed by atoms with Crippen LogP contribution >= 0.6 is 34.8 Å². The van der Waals surface area contributed by atoms with Crippen LogP contribution in [0.2, 0.25) is 10.0 Å². The van der Waals surface area contributed by atoms with Crippen molar-refractivity contribution in [1.82, 2.24) is 0 Å². The number of nitrogens with one attached hydrogen (secondary N) is 1. The number of amides is 1. The van der Waals surface area contributed by atoms with Crippen molar-refractivity contribution in [3.05, 3.63) is 22.2 Å². The molecule has 1 N–H and O–H groups in total. The number of hydrogen-bond acceptors (Lipinski definition) is 2. The van der Waals surface area contributed by atoms with Crippen LogP contribution in [0.25, 0.3) is 0 Å². The SMILES string of the molecule is CC(C)(CCl)C(=O)Nc1cc(Cl)c(OC(F)F)c(Cl)c1. The lowest BCUT2D eigenvalue weighted by atomic mass is 9.95. The fraction of sp³-hybridized carbons (Fsp3) is 0.417. The van der Waals surface area contributed by atoms with E-state index >= 15 is 0 Å². The Morgan fingerprint density at radius 2 is 1.85 bits per heavy atom. The fourth-order valence-corrected chi connectivity index (χ4v) is 1.89. The average Bonchev–Trinajstić information content (AvgIpc) is 2.33. The number of carbonyl (C=O) groups excluding carboxylic acids is 1. The van der Waals surface area contributed by atoms with Crippen LogP contribution < -0.4 is 10.1 Å². The molecule has 0 unspecified atom stereocenters. The molecule has 20 heavy (non-hydrogen) atoms. The van der Waals surface area contributed by atoms with Crippen LogP contribution in [0.4, 0.5) is 14.5 Å². The van der Waals surface area contributed by atoms with E-state index in [0.717, 1.165) is 0 Å². The summed E-state index contributed by atoms with van der Waals surface area (Å²) in [5.74, 6) is -0.563. The molecule has 0 radical (unpaired) electrons. The minimum absolute atomic E-state index is 0.118. The largest absolute Gasteiger partial charge is 0.432 e. The van der Waals surface area contributed by atoms with Gasteiger partial charge in [0, 0.05) is 11.6 Å². The van der Waals surface area contributed by atoms with Gasteiger partial charge in [-0.2, -0.15) is 8.78 Å². The number of benzene rings is 1. The first-order valence-corrected chi connectivity index (χ1v) is 6.77. The number of ether oxygens (including phenoxy) is 1. The van der Waals surface area contributed by atoms with Gasteiger partial charge < -0.3 is 10.1 Å². The molecule has 1 amide bonds. The van der Waals surface area contributed by atoms with Gasteiger partial charge in [0.05, 0.1) is 15.5 Å². The summed E-state index contributed by atoms with van der Waals surface area (Å²) < 4.78 is 28.5. The predicted octanol–water partition coefficient (Wildman–Crippen LogP) is 4.80. The van der Waals surface area contributed by atoms with Crippen LogP contribution in [0.3, 0.4) is 0 Å². The molecule has 0 atom stereocenters. The molecular formula is C12H12Cl3F2NO2. The van der Waals surface area contributed by atoms with Gasteiger partial charge in [-0.05, 0) is 26.0 Å². The van der Waals surface area contributed by atoms with Crippen LogP contribution in [0.1, 0.15) is 13.8 Å². The highest BCUT2D eigenvalue weighted by molar-refractivity contribution is 6.37. The molecule has 0 saturated heterocycles. The van der Waals surface area contributed by atoms with Gasteiger partial charge in [-0.15, -0.1) is 11.6 Å². The summed E-state index contributed by atoms with van der Waals surface area (Å²) in [6.45, 7) is 0.278. The Kier molecular flexibility index (Phi) is 5.86. The van der Waals surface area contributed by atoms with Crippen molar-refractivity contribution in [2.24, 2.45) is 5.41 Å². The first kappa shape index (κ1) is 17.3. The van der Waals surface area contributed by atoms with E-state index in [1.807, 2.05) is 0 Å². The lowest BCUT2D eigenvalue weighted by Crippen LogP contribution is -2.32. The van der Waals surface area contributed by atoms with Crippen molar-refractivity contribution >= 4 is 46.4 Å². The molecule has 1 rings (SSSR count). The molecule has 3 nitrogen and oxygen atoms in total. The molecule has 0 aliphatic carbocycles. The zero-order valence-electron chi connectivity index (χ0n) is 10.6. The summed E-state index contributed by atoms with van der Waals surface area (Å²) in [5, 5.41) is 2.30. The quantitative estimate of drug-likeness (QED) is 0.778. The summed E-state index contributed by atoms with van der Waals surface area (Å²) in [7, 11) is 0. The maximum Gasteiger partial charge on any atom is 0.387 e. The van der Waals surface area contributed by atoms with Gasteiger partial charge >= 0.3 is 6.61 Å². The standard InChI is InChI=1S/C12H12Cl3F2NO2/c1-12(2,5-13)10(19)18-6-3-7(14)9(8(15)4-6)20-11(16)17/h3-4,11H,5H2,1-2H3,(H,18,19). The number of halogens is 5.